The molecule has 10 heteroatoms. The van der Waals surface area contributed by atoms with Crippen molar-refractivity contribution < 1.29 is 9.53 Å². The number of amides is 1. The first-order chi connectivity index (χ1) is 15.8. The summed E-state index contributed by atoms with van der Waals surface area (Å²) < 4.78 is 6.35. The lowest BCUT2D eigenvalue weighted by Gasteiger charge is -2.24. The maximum Gasteiger partial charge on any atom is 0.330 e. The van der Waals surface area contributed by atoms with Crippen LogP contribution in [0.5, 0.6) is 0 Å². The lowest BCUT2D eigenvalue weighted by Crippen LogP contribution is -2.42. The zero-order valence-corrected chi connectivity index (χ0v) is 19.5. The molecule has 1 amide bonds. The lowest BCUT2D eigenvalue weighted by atomic mass is 10.1. The standard InChI is InChI=1S/C23H24Cl2N4O4/c1-33-13-12-28(18(30)11-10-16-8-5-9-17(24)19(16)25)20-21(26)29(23(32)27-22(20)31)14-15-6-3-2-4-7-15/h2-9H,10-14,26H2,1H3,(H,27,31,32). The van der Waals surface area contributed by atoms with Crippen LogP contribution >= 0.6 is 23.2 Å². The maximum absolute atomic E-state index is 13.2. The number of aromatic nitrogens is 2. The average Bonchev–Trinajstić information content (AvgIpc) is 2.80. The molecule has 1 aromatic heterocycles. The number of anilines is 2. The molecule has 0 spiro atoms. The van der Waals surface area contributed by atoms with Crippen molar-refractivity contribution in [3.63, 3.8) is 0 Å². The summed E-state index contributed by atoms with van der Waals surface area (Å²) in [7, 11) is 1.48. The molecule has 0 aliphatic heterocycles. The Morgan fingerprint density at radius 3 is 2.55 bits per heavy atom. The average molecular weight is 491 g/mol. The second kappa shape index (κ2) is 11.2. The van der Waals surface area contributed by atoms with Gasteiger partial charge >= 0.3 is 5.69 Å². The zero-order chi connectivity index (χ0) is 24.0. The first kappa shape index (κ1) is 24.6. The number of benzene rings is 2. The van der Waals surface area contributed by atoms with Crippen molar-refractivity contribution in [1.82, 2.24) is 9.55 Å². The highest BCUT2D eigenvalue weighted by molar-refractivity contribution is 6.42. The number of rotatable bonds is 9. The second-order valence-electron chi connectivity index (χ2n) is 7.32. The molecule has 2 aromatic carbocycles. The molecule has 0 saturated heterocycles. The third-order valence-corrected chi connectivity index (χ3v) is 5.99. The quantitative estimate of drug-likeness (QED) is 0.478. The Hall–Kier alpha value is -3.07. The molecule has 3 N–H and O–H groups in total. The van der Waals surface area contributed by atoms with Crippen LogP contribution in [-0.2, 0) is 22.5 Å². The van der Waals surface area contributed by atoms with Gasteiger partial charge < -0.3 is 15.4 Å². The summed E-state index contributed by atoms with van der Waals surface area (Å²) in [4.78, 5) is 41.9. The topological polar surface area (TPSA) is 110 Å². The largest absolute Gasteiger partial charge is 0.383 e. The Balaban J connectivity index is 1.95. The first-order valence-electron chi connectivity index (χ1n) is 10.2. The summed E-state index contributed by atoms with van der Waals surface area (Å²) in [6, 6.07) is 14.4. The van der Waals surface area contributed by atoms with Gasteiger partial charge in [0.1, 0.15) is 5.82 Å². The Bertz CT molecular complexity index is 1240. The number of ether oxygens (including phenoxy) is 1. The molecular weight excluding hydrogens is 467 g/mol. The van der Waals surface area contributed by atoms with Crippen LogP contribution in [0.4, 0.5) is 11.5 Å². The minimum atomic E-state index is -0.743. The summed E-state index contributed by atoms with van der Waals surface area (Å²) in [6.07, 6.45) is 0.351. The van der Waals surface area contributed by atoms with Crippen LogP contribution < -0.4 is 21.9 Å². The number of nitrogens with zero attached hydrogens (tertiary/aromatic N) is 2. The van der Waals surface area contributed by atoms with Gasteiger partial charge in [0.25, 0.3) is 5.56 Å². The number of hydrogen-bond acceptors (Lipinski definition) is 5. The van der Waals surface area contributed by atoms with Crippen LogP contribution in [0.3, 0.4) is 0 Å². The molecule has 0 aliphatic carbocycles. The number of carbonyl (C=O) groups excluding carboxylic acids is 1. The summed E-state index contributed by atoms with van der Waals surface area (Å²) in [6.45, 7) is 0.384. The van der Waals surface area contributed by atoms with E-state index in [1.807, 2.05) is 30.3 Å². The SMILES string of the molecule is COCCN(C(=O)CCc1cccc(Cl)c1Cl)c1c(N)n(Cc2ccccc2)c(=O)[nH]c1=O. The number of H-pyrrole nitrogens is 1. The molecule has 3 aromatic rings. The molecule has 1 heterocycles. The third kappa shape index (κ3) is 5.84. The number of hydrogen-bond donors (Lipinski definition) is 2. The summed E-state index contributed by atoms with van der Waals surface area (Å²) in [5.74, 6) is -0.469. The van der Waals surface area contributed by atoms with E-state index in [1.54, 1.807) is 18.2 Å². The van der Waals surface area contributed by atoms with Gasteiger partial charge in [-0.1, -0.05) is 65.7 Å². The van der Waals surface area contributed by atoms with Gasteiger partial charge in [-0.2, -0.15) is 0 Å². The van der Waals surface area contributed by atoms with Crippen molar-refractivity contribution >= 4 is 40.6 Å². The number of methoxy groups -OCH3 is 1. The van der Waals surface area contributed by atoms with Gasteiger partial charge in [0.05, 0.1) is 23.2 Å². The van der Waals surface area contributed by atoms with E-state index in [1.165, 1.54) is 16.6 Å². The minimum absolute atomic E-state index is 0.0421. The Morgan fingerprint density at radius 1 is 1.12 bits per heavy atom. The number of nitrogen functional groups attached to an aromatic ring is 1. The molecule has 0 unspecified atom stereocenters. The van der Waals surface area contributed by atoms with Crippen LogP contribution in [0.1, 0.15) is 17.5 Å². The minimum Gasteiger partial charge on any atom is -0.383 e. The smallest absolute Gasteiger partial charge is 0.330 e. The molecule has 174 valence electrons. The van der Waals surface area contributed by atoms with Crippen LogP contribution in [0.25, 0.3) is 0 Å². The number of nitrogens with two attached hydrogens (primary N) is 1. The van der Waals surface area contributed by atoms with E-state index in [0.717, 1.165) is 5.56 Å². The Morgan fingerprint density at radius 2 is 1.85 bits per heavy atom. The van der Waals surface area contributed by atoms with Crippen molar-refractivity contribution in [2.24, 2.45) is 0 Å². The van der Waals surface area contributed by atoms with Gasteiger partial charge in [-0.15, -0.1) is 0 Å². The van der Waals surface area contributed by atoms with E-state index in [4.69, 9.17) is 33.7 Å². The fourth-order valence-electron chi connectivity index (χ4n) is 3.42. The summed E-state index contributed by atoms with van der Waals surface area (Å²) in [5.41, 5.74) is 6.29. The maximum atomic E-state index is 13.2. The van der Waals surface area contributed by atoms with Crippen molar-refractivity contribution in [2.75, 3.05) is 30.9 Å². The van der Waals surface area contributed by atoms with Crippen molar-refractivity contribution in [1.29, 1.82) is 0 Å². The summed E-state index contributed by atoms with van der Waals surface area (Å²) >= 11 is 12.3. The van der Waals surface area contributed by atoms with Crippen LogP contribution in [-0.4, -0.2) is 35.7 Å². The molecule has 0 fully saturated rings. The number of halogens is 2. The highest BCUT2D eigenvalue weighted by Crippen LogP contribution is 2.27. The lowest BCUT2D eigenvalue weighted by molar-refractivity contribution is -0.118. The third-order valence-electron chi connectivity index (χ3n) is 5.13. The molecule has 0 bridgehead atoms. The zero-order valence-electron chi connectivity index (χ0n) is 18.0. The van der Waals surface area contributed by atoms with Crippen LogP contribution in [0.2, 0.25) is 10.0 Å². The molecule has 8 nitrogen and oxygen atoms in total. The highest BCUT2D eigenvalue weighted by Gasteiger charge is 2.24. The second-order valence-corrected chi connectivity index (χ2v) is 8.10. The number of aryl methyl sites for hydroxylation is 1. The Labute approximate surface area is 200 Å². The predicted molar refractivity (Wildman–Crippen MR) is 130 cm³/mol. The number of carbonyl (C=O) groups is 1. The van der Waals surface area contributed by atoms with Crippen molar-refractivity contribution in [2.45, 2.75) is 19.4 Å². The molecule has 0 atom stereocenters. The normalized spacial score (nSPS) is 10.9. The van der Waals surface area contributed by atoms with Gasteiger partial charge in [-0.3, -0.25) is 19.1 Å². The fraction of sp³-hybridized carbons (Fsp3) is 0.261. The van der Waals surface area contributed by atoms with E-state index in [9.17, 15) is 14.4 Å². The van der Waals surface area contributed by atoms with Gasteiger partial charge in [-0.25, -0.2) is 4.79 Å². The van der Waals surface area contributed by atoms with E-state index >= 15 is 0 Å². The van der Waals surface area contributed by atoms with Gasteiger partial charge in [0.15, 0.2) is 5.69 Å². The van der Waals surface area contributed by atoms with E-state index in [0.29, 0.717) is 22.0 Å². The van der Waals surface area contributed by atoms with Crippen LogP contribution in [0, 0.1) is 0 Å². The van der Waals surface area contributed by atoms with E-state index < -0.39 is 11.2 Å². The van der Waals surface area contributed by atoms with Gasteiger partial charge in [0.2, 0.25) is 5.91 Å². The molecule has 33 heavy (non-hydrogen) atoms. The Kier molecular flexibility index (Phi) is 8.32. The van der Waals surface area contributed by atoms with E-state index in [-0.39, 0.29) is 43.5 Å². The predicted octanol–water partition coefficient (Wildman–Crippen LogP) is 3.09. The number of nitrogens with one attached hydrogen (secondary N) is 1. The van der Waals surface area contributed by atoms with Crippen molar-refractivity contribution in [3.8, 4) is 0 Å². The summed E-state index contributed by atoms with van der Waals surface area (Å²) in [5, 5.41) is 0.774. The molecule has 0 saturated carbocycles. The van der Waals surface area contributed by atoms with Gasteiger partial charge in [-0.05, 0) is 23.6 Å². The molecule has 3 rings (SSSR count). The van der Waals surface area contributed by atoms with Gasteiger partial charge in [0, 0.05) is 20.1 Å². The molecule has 0 aliphatic rings. The molecule has 0 radical (unpaired) electrons. The molecular formula is C23H24Cl2N4O4. The highest BCUT2D eigenvalue weighted by atomic mass is 35.5. The van der Waals surface area contributed by atoms with Crippen molar-refractivity contribution in [3.05, 3.63) is 90.5 Å². The van der Waals surface area contributed by atoms with Crippen LogP contribution in [0.15, 0.2) is 58.1 Å². The fourth-order valence-corrected chi connectivity index (χ4v) is 3.84. The first-order valence-corrected chi connectivity index (χ1v) is 11.0. The monoisotopic (exact) mass is 490 g/mol. The van der Waals surface area contributed by atoms with E-state index in [2.05, 4.69) is 4.98 Å². The number of aromatic amines is 1.